The normalized spacial score (nSPS) is 16.2. The zero-order chi connectivity index (χ0) is 30.1. The van der Waals surface area contributed by atoms with E-state index in [0.717, 1.165) is 0 Å². The van der Waals surface area contributed by atoms with Gasteiger partial charge in [0.25, 0.3) is 0 Å². The van der Waals surface area contributed by atoms with Gasteiger partial charge in [0, 0.05) is 11.8 Å². The van der Waals surface area contributed by atoms with Crippen LogP contribution in [0.3, 0.4) is 0 Å². The quantitative estimate of drug-likeness (QED) is 0.225. The number of carboxylic acid groups (broad SMARTS) is 1. The highest BCUT2D eigenvalue weighted by molar-refractivity contribution is 5.79. The summed E-state index contributed by atoms with van der Waals surface area (Å²) in [6.45, 7) is 15.8. The molecule has 0 spiro atoms. The standard InChI is InChI=1S/C29H45NO9/c1-10-16(4)26(33)37-21-14-13-20(15-22(21)38-27(34)17(5)11-2)23(24(30)25(31)32)18(6)19(7)36-28(35)39-29(8,9)12-3/h13-19,23-24H,10-12,30H2,1-9H3,(H,31,32)/t16?,17?,18?,19?,23?,24-/m0/s1. The summed E-state index contributed by atoms with van der Waals surface area (Å²) >= 11 is 0. The number of carbonyl (C=O) groups is 4. The van der Waals surface area contributed by atoms with Gasteiger partial charge in [0.05, 0.1) is 11.8 Å². The van der Waals surface area contributed by atoms with Crippen LogP contribution in [0.4, 0.5) is 4.79 Å². The summed E-state index contributed by atoms with van der Waals surface area (Å²) in [4.78, 5) is 49.5. The molecule has 3 N–H and O–H groups in total. The Morgan fingerprint density at radius 2 is 1.41 bits per heavy atom. The number of carbonyl (C=O) groups excluding carboxylic acids is 3. The Bertz CT molecular complexity index is 1010. The van der Waals surface area contributed by atoms with Crippen LogP contribution in [-0.4, -0.2) is 46.9 Å². The molecule has 0 saturated heterocycles. The third-order valence-corrected chi connectivity index (χ3v) is 7.28. The van der Waals surface area contributed by atoms with E-state index >= 15 is 0 Å². The van der Waals surface area contributed by atoms with Crippen molar-refractivity contribution in [3.05, 3.63) is 23.8 Å². The fourth-order valence-corrected chi connectivity index (χ4v) is 3.51. The van der Waals surface area contributed by atoms with Gasteiger partial charge < -0.3 is 29.8 Å². The third-order valence-electron chi connectivity index (χ3n) is 7.28. The van der Waals surface area contributed by atoms with Crippen molar-refractivity contribution in [2.24, 2.45) is 23.5 Å². The maximum Gasteiger partial charge on any atom is 0.509 e. The van der Waals surface area contributed by atoms with Gasteiger partial charge in [-0.2, -0.15) is 0 Å². The van der Waals surface area contributed by atoms with Crippen molar-refractivity contribution in [3.8, 4) is 11.5 Å². The van der Waals surface area contributed by atoms with Gasteiger partial charge in [-0.3, -0.25) is 14.4 Å². The van der Waals surface area contributed by atoms with Gasteiger partial charge in [-0.25, -0.2) is 4.79 Å². The molecule has 0 heterocycles. The van der Waals surface area contributed by atoms with Crippen molar-refractivity contribution in [3.63, 3.8) is 0 Å². The summed E-state index contributed by atoms with van der Waals surface area (Å²) in [5.41, 5.74) is 5.80. The number of nitrogens with two attached hydrogens (primary N) is 1. The average molecular weight is 552 g/mol. The van der Waals surface area contributed by atoms with E-state index in [1.54, 1.807) is 47.6 Å². The molecule has 0 aliphatic heterocycles. The maximum atomic E-state index is 12.6. The minimum Gasteiger partial charge on any atom is -0.480 e. The molecular formula is C29H45NO9. The summed E-state index contributed by atoms with van der Waals surface area (Å²) in [6.07, 6.45) is 0.00450. The van der Waals surface area contributed by atoms with Crippen LogP contribution in [-0.2, 0) is 23.9 Å². The molecule has 1 aromatic carbocycles. The molecule has 6 atom stereocenters. The number of rotatable bonds is 14. The molecule has 0 bridgehead atoms. The molecule has 220 valence electrons. The van der Waals surface area contributed by atoms with Crippen molar-refractivity contribution >= 4 is 24.1 Å². The number of ether oxygens (including phenoxy) is 4. The van der Waals surface area contributed by atoms with Crippen LogP contribution < -0.4 is 15.2 Å². The monoisotopic (exact) mass is 551 g/mol. The second-order valence-electron chi connectivity index (χ2n) is 10.7. The van der Waals surface area contributed by atoms with E-state index in [4.69, 9.17) is 24.7 Å². The Kier molecular flexibility index (Phi) is 12.9. The molecule has 10 heteroatoms. The summed E-state index contributed by atoms with van der Waals surface area (Å²) in [5, 5.41) is 9.78. The Morgan fingerprint density at radius 3 is 1.87 bits per heavy atom. The molecule has 10 nitrogen and oxygen atoms in total. The first-order valence-electron chi connectivity index (χ1n) is 13.5. The molecule has 1 aromatic rings. The van der Waals surface area contributed by atoms with E-state index in [2.05, 4.69) is 0 Å². The number of esters is 2. The van der Waals surface area contributed by atoms with Crippen LogP contribution >= 0.6 is 0 Å². The fourth-order valence-electron chi connectivity index (χ4n) is 3.51. The van der Waals surface area contributed by atoms with Crippen LogP contribution in [0.15, 0.2) is 18.2 Å². The average Bonchev–Trinajstić information content (AvgIpc) is 2.88. The lowest BCUT2D eigenvalue weighted by atomic mass is 9.79. The van der Waals surface area contributed by atoms with E-state index in [-0.39, 0.29) is 17.4 Å². The van der Waals surface area contributed by atoms with Crippen molar-refractivity contribution in [2.45, 2.75) is 105 Å². The van der Waals surface area contributed by atoms with E-state index < -0.39 is 59.6 Å². The van der Waals surface area contributed by atoms with Gasteiger partial charge in [0.15, 0.2) is 11.5 Å². The van der Waals surface area contributed by atoms with Gasteiger partial charge in [-0.05, 0) is 57.7 Å². The lowest BCUT2D eigenvalue weighted by Gasteiger charge is -2.32. The molecule has 0 fully saturated rings. The van der Waals surface area contributed by atoms with Gasteiger partial charge >= 0.3 is 24.1 Å². The Hall–Kier alpha value is -3.14. The molecule has 0 amide bonds. The van der Waals surface area contributed by atoms with Gasteiger partial charge in [0.2, 0.25) is 0 Å². The number of aliphatic carboxylic acids is 1. The Morgan fingerprint density at radius 1 is 0.897 bits per heavy atom. The van der Waals surface area contributed by atoms with Gasteiger partial charge in [-0.15, -0.1) is 0 Å². The predicted molar refractivity (Wildman–Crippen MR) is 146 cm³/mol. The summed E-state index contributed by atoms with van der Waals surface area (Å²) in [7, 11) is 0. The van der Waals surface area contributed by atoms with E-state index in [0.29, 0.717) is 24.8 Å². The van der Waals surface area contributed by atoms with E-state index in [1.807, 2.05) is 20.8 Å². The molecule has 0 radical (unpaired) electrons. The number of hydrogen-bond donors (Lipinski definition) is 2. The van der Waals surface area contributed by atoms with Crippen molar-refractivity contribution in [1.82, 2.24) is 0 Å². The molecule has 39 heavy (non-hydrogen) atoms. The Labute approximate surface area is 231 Å². The molecule has 0 aliphatic rings. The fraction of sp³-hybridized carbons (Fsp3) is 0.655. The summed E-state index contributed by atoms with van der Waals surface area (Å²) in [5.74, 6) is -4.55. The first-order chi connectivity index (χ1) is 18.1. The molecule has 0 aromatic heterocycles. The Balaban J connectivity index is 3.47. The zero-order valence-electron chi connectivity index (χ0n) is 24.6. The molecule has 0 saturated carbocycles. The molecule has 0 aliphatic carbocycles. The lowest BCUT2D eigenvalue weighted by Crippen LogP contribution is -2.43. The molecule has 5 unspecified atom stereocenters. The molecular weight excluding hydrogens is 506 g/mol. The smallest absolute Gasteiger partial charge is 0.480 e. The predicted octanol–water partition coefficient (Wildman–Crippen LogP) is 5.45. The van der Waals surface area contributed by atoms with Crippen LogP contribution in [0, 0.1) is 17.8 Å². The highest BCUT2D eigenvalue weighted by Gasteiger charge is 2.36. The van der Waals surface area contributed by atoms with Crippen molar-refractivity contribution in [2.75, 3.05) is 0 Å². The van der Waals surface area contributed by atoms with Gasteiger partial charge in [-0.1, -0.05) is 47.6 Å². The van der Waals surface area contributed by atoms with Crippen molar-refractivity contribution < 1.29 is 43.2 Å². The number of carboxylic acids is 1. The van der Waals surface area contributed by atoms with E-state index in [9.17, 15) is 24.3 Å². The first-order valence-corrected chi connectivity index (χ1v) is 13.5. The zero-order valence-corrected chi connectivity index (χ0v) is 24.6. The number of benzene rings is 1. The van der Waals surface area contributed by atoms with Crippen LogP contribution in [0.5, 0.6) is 11.5 Å². The lowest BCUT2D eigenvalue weighted by molar-refractivity contribution is -0.141. The second kappa shape index (κ2) is 14.9. The summed E-state index contributed by atoms with van der Waals surface area (Å²) in [6, 6.07) is 3.08. The van der Waals surface area contributed by atoms with Crippen molar-refractivity contribution in [1.29, 1.82) is 0 Å². The minimum absolute atomic E-state index is 0.0260. The number of hydrogen-bond acceptors (Lipinski definition) is 9. The second-order valence-corrected chi connectivity index (χ2v) is 10.7. The maximum absolute atomic E-state index is 12.6. The highest BCUT2D eigenvalue weighted by atomic mass is 16.7. The largest absolute Gasteiger partial charge is 0.509 e. The van der Waals surface area contributed by atoms with Crippen LogP contribution in [0.1, 0.15) is 93.1 Å². The summed E-state index contributed by atoms with van der Waals surface area (Å²) < 4.78 is 22.0. The SMILES string of the molecule is CCC(C)C(=O)Oc1ccc(C(C(C)C(C)OC(=O)OC(C)(C)CC)[C@H](N)C(=O)O)cc1OC(=O)C(C)CC. The van der Waals surface area contributed by atoms with E-state index in [1.165, 1.54) is 12.1 Å². The first kappa shape index (κ1) is 33.9. The topological polar surface area (TPSA) is 151 Å². The van der Waals surface area contributed by atoms with Crippen LogP contribution in [0.25, 0.3) is 0 Å². The minimum atomic E-state index is -1.39. The third kappa shape index (κ3) is 9.84. The molecule has 1 rings (SSSR count). The van der Waals surface area contributed by atoms with Crippen LogP contribution in [0.2, 0.25) is 0 Å². The van der Waals surface area contributed by atoms with Gasteiger partial charge in [0.1, 0.15) is 17.7 Å². The highest BCUT2D eigenvalue weighted by Crippen LogP contribution is 2.38.